The van der Waals surface area contributed by atoms with Crippen molar-refractivity contribution in [2.75, 3.05) is 19.6 Å². The number of aryl methyl sites for hydroxylation is 1. The van der Waals surface area contributed by atoms with Crippen LogP contribution in [0.5, 0.6) is 0 Å². The molecular formula is C18H21N3OS2. The van der Waals surface area contributed by atoms with Crippen LogP contribution in [0.4, 0.5) is 0 Å². The van der Waals surface area contributed by atoms with E-state index in [0.29, 0.717) is 12.0 Å². The first-order chi connectivity index (χ1) is 11.7. The first kappa shape index (κ1) is 16.1. The summed E-state index contributed by atoms with van der Waals surface area (Å²) in [5.74, 6) is 0.740. The van der Waals surface area contributed by atoms with Gasteiger partial charge in [0.2, 0.25) is 0 Å². The minimum absolute atomic E-state index is 0.0801. The maximum Gasteiger partial charge on any atom is 0.261 e. The van der Waals surface area contributed by atoms with E-state index in [1.54, 1.807) is 23.1 Å². The number of nitrogens with one attached hydrogen (secondary N) is 1. The monoisotopic (exact) mass is 359 g/mol. The largest absolute Gasteiger partial charge is 0.347 e. The SMILES string of the molecule is Cc1cc(Sc2ccc(C(=O)N[C@H]3CN4CCC3CC4)s2)ccn1. The summed E-state index contributed by atoms with van der Waals surface area (Å²) in [5, 5.41) is 3.26. The topological polar surface area (TPSA) is 45.2 Å². The van der Waals surface area contributed by atoms with Gasteiger partial charge in [0.1, 0.15) is 0 Å². The molecule has 3 aliphatic heterocycles. The highest BCUT2D eigenvalue weighted by molar-refractivity contribution is 8.01. The minimum atomic E-state index is 0.0801. The molecule has 1 N–H and O–H groups in total. The summed E-state index contributed by atoms with van der Waals surface area (Å²) >= 11 is 3.26. The second-order valence-electron chi connectivity index (χ2n) is 6.57. The molecule has 5 heterocycles. The molecule has 2 aromatic rings. The van der Waals surface area contributed by atoms with Crippen molar-refractivity contribution in [3.63, 3.8) is 0 Å². The first-order valence-corrected chi connectivity index (χ1v) is 10.0. The first-order valence-electron chi connectivity index (χ1n) is 8.41. The van der Waals surface area contributed by atoms with Gasteiger partial charge in [0, 0.05) is 29.4 Å². The molecule has 0 spiro atoms. The molecule has 0 aliphatic carbocycles. The molecule has 3 aliphatic rings. The molecule has 3 fully saturated rings. The maximum absolute atomic E-state index is 12.6. The van der Waals surface area contributed by atoms with Gasteiger partial charge in [-0.2, -0.15) is 0 Å². The predicted molar refractivity (Wildman–Crippen MR) is 97.8 cm³/mol. The molecule has 0 saturated carbocycles. The van der Waals surface area contributed by atoms with Crippen LogP contribution in [0.25, 0.3) is 0 Å². The Labute approximate surface area is 150 Å². The van der Waals surface area contributed by atoms with E-state index in [4.69, 9.17) is 0 Å². The zero-order valence-electron chi connectivity index (χ0n) is 13.7. The van der Waals surface area contributed by atoms with E-state index in [9.17, 15) is 4.79 Å². The van der Waals surface area contributed by atoms with Gasteiger partial charge in [-0.15, -0.1) is 11.3 Å². The van der Waals surface area contributed by atoms with Crippen molar-refractivity contribution in [1.82, 2.24) is 15.2 Å². The minimum Gasteiger partial charge on any atom is -0.347 e. The number of piperidine rings is 3. The van der Waals surface area contributed by atoms with E-state index in [-0.39, 0.29) is 5.91 Å². The molecule has 2 aromatic heterocycles. The molecule has 0 aromatic carbocycles. The summed E-state index contributed by atoms with van der Waals surface area (Å²) in [5.41, 5.74) is 1.01. The van der Waals surface area contributed by atoms with E-state index >= 15 is 0 Å². The van der Waals surface area contributed by atoms with Crippen LogP contribution in [0.3, 0.4) is 0 Å². The Morgan fingerprint density at radius 1 is 1.33 bits per heavy atom. The Bertz CT molecular complexity index is 737. The molecule has 1 amide bonds. The summed E-state index contributed by atoms with van der Waals surface area (Å²) < 4.78 is 1.14. The smallest absolute Gasteiger partial charge is 0.261 e. The lowest BCUT2D eigenvalue weighted by molar-refractivity contribution is 0.0622. The second kappa shape index (κ2) is 6.86. The molecule has 5 rings (SSSR count). The zero-order chi connectivity index (χ0) is 16.5. The molecule has 4 nitrogen and oxygen atoms in total. The van der Waals surface area contributed by atoms with Gasteiger partial charge in [0.25, 0.3) is 5.91 Å². The summed E-state index contributed by atoms with van der Waals surface area (Å²) in [4.78, 5) is 21.2. The molecule has 0 radical (unpaired) electrons. The fraction of sp³-hybridized carbons (Fsp3) is 0.444. The third kappa shape index (κ3) is 3.50. The zero-order valence-corrected chi connectivity index (χ0v) is 15.3. The van der Waals surface area contributed by atoms with E-state index in [1.807, 2.05) is 31.3 Å². The number of amides is 1. The van der Waals surface area contributed by atoms with E-state index in [0.717, 1.165) is 26.2 Å². The summed E-state index contributed by atoms with van der Waals surface area (Å²) in [6.07, 6.45) is 4.27. The van der Waals surface area contributed by atoms with Crippen molar-refractivity contribution in [2.45, 2.75) is 34.9 Å². The Balaban J connectivity index is 1.40. The van der Waals surface area contributed by atoms with Crippen LogP contribution in [0.2, 0.25) is 0 Å². The summed E-state index contributed by atoms with van der Waals surface area (Å²) in [6, 6.07) is 8.37. The fourth-order valence-corrected chi connectivity index (χ4v) is 5.66. The highest BCUT2D eigenvalue weighted by Crippen LogP contribution is 2.34. The molecular weight excluding hydrogens is 338 g/mol. The fourth-order valence-electron chi connectivity index (χ4n) is 3.56. The normalized spacial score (nSPS) is 25.6. The quantitative estimate of drug-likeness (QED) is 0.908. The van der Waals surface area contributed by atoms with Gasteiger partial charge in [-0.1, -0.05) is 11.8 Å². The van der Waals surface area contributed by atoms with Gasteiger partial charge < -0.3 is 10.2 Å². The van der Waals surface area contributed by atoms with Gasteiger partial charge in [0.15, 0.2) is 0 Å². The molecule has 126 valence electrons. The highest BCUT2D eigenvalue weighted by atomic mass is 32.2. The number of thiophene rings is 1. The Hall–Kier alpha value is -1.37. The lowest BCUT2D eigenvalue weighted by Crippen LogP contribution is -2.57. The molecule has 24 heavy (non-hydrogen) atoms. The molecule has 1 atom stereocenters. The van der Waals surface area contributed by atoms with Gasteiger partial charge in [-0.05, 0) is 63.0 Å². The second-order valence-corrected chi connectivity index (χ2v) is 9.03. The Kier molecular flexibility index (Phi) is 4.61. The number of rotatable bonds is 4. The van der Waals surface area contributed by atoms with Crippen LogP contribution >= 0.6 is 23.1 Å². The Morgan fingerprint density at radius 3 is 2.88 bits per heavy atom. The third-order valence-corrected chi connectivity index (χ3v) is 7.07. The van der Waals surface area contributed by atoms with Gasteiger partial charge in [-0.25, -0.2) is 0 Å². The molecule has 2 bridgehead atoms. The summed E-state index contributed by atoms with van der Waals surface area (Å²) in [6.45, 7) is 5.40. The number of hydrogen-bond acceptors (Lipinski definition) is 5. The predicted octanol–water partition coefficient (Wildman–Crippen LogP) is 3.43. The molecule has 0 unspecified atom stereocenters. The van der Waals surface area contributed by atoms with Gasteiger partial charge in [0.05, 0.1) is 9.09 Å². The number of hydrogen-bond donors (Lipinski definition) is 1. The third-order valence-electron chi connectivity index (χ3n) is 4.86. The van der Waals surface area contributed by atoms with Crippen LogP contribution in [0, 0.1) is 12.8 Å². The van der Waals surface area contributed by atoms with Crippen LogP contribution in [0.15, 0.2) is 39.6 Å². The molecule has 3 saturated heterocycles. The van der Waals surface area contributed by atoms with Crippen molar-refractivity contribution in [3.05, 3.63) is 41.0 Å². The van der Waals surface area contributed by atoms with Crippen molar-refractivity contribution in [1.29, 1.82) is 0 Å². The number of fused-ring (bicyclic) bond motifs is 3. The number of carbonyl (C=O) groups is 1. The van der Waals surface area contributed by atoms with Crippen molar-refractivity contribution < 1.29 is 4.79 Å². The number of pyridine rings is 1. The van der Waals surface area contributed by atoms with Crippen molar-refractivity contribution >= 4 is 29.0 Å². The number of carbonyl (C=O) groups excluding carboxylic acids is 1. The number of nitrogens with zero attached hydrogens (tertiary/aromatic N) is 2. The average molecular weight is 360 g/mol. The van der Waals surface area contributed by atoms with Crippen LogP contribution in [-0.2, 0) is 0 Å². The summed E-state index contributed by atoms with van der Waals surface area (Å²) in [7, 11) is 0. The molecule has 6 heteroatoms. The van der Waals surface area contributed by atoms with Gasteiger partial charge in [-0.3, -0.25) is 9.78 Å². The van der Waals surface area contributed by atoms with E-state index < -0.39 is 0 Å². The van der Waals surface area contributed by atoms with Crippen LogP contribution < -0.4 is 5.32 Å². The average Bonchev–Trinajstić information content (AvgIpc) is 3.05. The lowest BCUT2D eigenvalue weighted by Gasteiger charge is -2.44. The number of aromatic nitrogens is 1. The van der Waals surface area contributed by atoms with E-state index in [1.165, 1.54) is 25.9 Å². The van der Waals surface area contributed by atoms with Crippen molar-refractivity contribution in [2.24, 2.45) is 5.92 Å². The van der Waals surface area contributed by atoms with Crippen LogP contribution in [0.1, 0.15) is 28.2 Å². The standard InChI is InChI=1S/C18H21N3OS2/c1-12-10-14(4-7-19-12)23-17-3-2-16(24-17)18(22)20-15-11-21-8-5-13(15)6-9-21/h2-4,7,10,13,15H,5-6,8-9,11H2,1H3,(H,20,22)/t15-/m0/s1. The van der Waals surface area contributed by atoms with Crippen molar-refractivity contribution in [3.8, 4) is 0 Å². The van der Waals surface area contributed by atoms with E-state index in [2.05, 4.69) is 21.3 Å². The lowest BCUT2D eigenvalue weighted by atomic mass is 9.84. The Morgan fingerprint density at radius 2 is 2.17 bits per heavy atom. The van der Waals surface area contributed by atoms with Gasteiger partial charge >= 0.3 is 0 Å². The van der Waals surface area contributed by atoms with Crippen LogP contribution in [-0.4, -0.2) is 41.5 Å². The maximum atomic E-state index is 12.6. The highest BCUT2D eigenvalue weighted by Gasteiger charge is 2.35.